The van der Waals surface area contributed by atoms with Gasteiger partial charge in [0.05, 0.1) is 5.56 Å². The number of hydrogen-bond donors (Lipinski definition) is 2. The van der Waals surface area contributed by atoms with Crippen molar-refractivity contribution < 1.29 is 14.7 Å². The molecule has 18 heavy (non-hydrogen) atoms. The average molecular weight is 247 g/mol. The Labute approximate surface area is 106 Å². The Morgan fingerprint density at radius 2 is 2.00 bits per heavy atom. The van der Waals surface area contributed by atoms with E-state index in [-0.39, 0.29) is 11.5 Å². The zero-order valence-corrected chi connectivity index (χ0v) is 10.2. The molecular weight excluding hydrogens is 230 g/mol. The van der Waals surface area contributed by atoms with Crippen LogP contribution in [-0.4, -0.2) is 17.0 Å². The summed E-state index contributed by atoms with van der Waals surface area (Å²) in [5, 5.41) is 11.6. The van der Waals surface area contributed by atoms with E-state index in [2.05, 4.69) is 5.32 Å². The van der Waals surface area contributed by atoms with Crippen LogP contribution in [0.2, 0.25) is 0 Å². The van der Waals surface area contributed by atoms with Crippen molar-refractivity contribution in [3.05, 3.63) is 29.8 Å². The Kier molecular flexibility index (Phi) is 3.97. The second-order valence-electron chi connectivity index (χ2n) is 4.79. The van der Waals surface area contributed by atoms with Gasteiger partial charge in [-0.05, 0) is 37.0 Å². The lowest BCUT2D eigenvalue weighted by Gasteiger charge is -2.09. The number of carboxylic acids is 1. The Hall–Kier alpha value is -1.84. The van der Waals surface area contributed by atoms with Crippen molar-refractivity contribution in [1.29, 1.82) is 0 Å². The minimum Gasteiger partial charge on any atom is -0.478 e. The van der Waals surface area contributed by atoms with Crippen molar-refractivity contribution in [3.8, 4) is 0 Å². The van der Waals surface area contributed by atoms with Gasteiger partial charge in [-0.15, -0.1) is 0 Å². The number of rotatable bonds is 4. The average Bonchev–Trinajstić information content (AvgIpc) is 2.82. The molecule has 1 aliphatic rings. The zero-order chi connectivity index (χ0) is 13.0. The summed E-state index contributed by atoms with van der Waals surface area (Å²) < 4.78 is 0. The van der Waals surface area contributed by atoms with Crippen molar-refractivity contribution in [2.45, 2.75) is 32.1 Å². The molecule has 0 heterocycles. The number of benzene rings is 1. The standard InChI is InChI=1S/C14H17NO3/c16-13(8-10-4-1-2-5-10)15-12-7-3-6-11(9-12)14(17)18/h3,6-7,9-10H,1-2,4-5,8H2,(H,15,16)(H,17,18). The van der Waals surface area contributed by atoms with Gasteiger partial charge in [-0.1, -0.05) is 18.9 Å². The van der Waals surface area contributed by atoms with Crippen LogP contribution in [-0.2, 0) is 4.79 Å². The van der Waals surface area contributed by atoms with Gasteiger partial charge in [0.15, 0.2) is 0 Å². The third-order valence-corrected chi connectivity index (χ3v) is 3.34. The lowest BCUT2D eigenvalue weighted by atomic mass is 10.0. The Bertz CT molecular complexity index is 450. The maximum absolute atomic E-state index is 11.8. The molecule has 2 N–H and O–H groups in total. The molecule has 1 aromatic carbocycles. The number of anilines is 1. The first-order valence-corrected chi connectivity index (χ1v) is 6.28. The second kappa shape index (κ2) is 5.67. The number of aromatic carboxylic acids is 1. The van der Waals surface area contributed by atoms with E-state index in [9.17, 15) is 9.59 Å². The van der Waals surface area contributed by atoms with Gasteiger partial charge in [0, 0.05) is 12.1 Å². The van der Waals surface area contributed by atoms with Crippen molar-refractivity contribution in [1.82, 2.24) is 0 Å². The number of hydrogen-bond acceptors (Lipinski definition) is 2. The molecule has 0 bridgehead atoms. The summed E-state index contributed by atoms with van der Waals surface area (Å²) >= 11 is 0. The van der Waals surface area contributed by atoms with Crippen molar-refractivity contribution in [2.75, 3.05) is 5.32 Å². The van der Waals surface area contributed by atoms with Gasteiger partial charge in [-0.3, -0.25) is 4.79 Å². The van der Waals surface area contributed by atoms with E-state index in [4.69, 9.17) is 5.11 Å². The molecule has 4 nitrogen and oxygen atoms in total. The van der Waals surface area contributed by atoms with Crippen molar-refractivity contribution in [2.24, 2.45) is 5.92 Å². The molecular formula is C14H17NO3. The largest absolute Gasteiger partial charge is 0.478 e. The van der Waals surface area contributed by atoms with Crippen LogP contribution in [0, 0.1) is 5.92 Å². The fourth-order valence-corrected chi connectivity index (χ4v) is 2.42. The molecule has 0 saturated heterocycles. The Balaban J connectivity index is 1.93. The molecule has 1 fully saturated rings. The smallest absolute Gasteiger partial charge is 0.335 e. The fraction of sp³-hybridized carbons (Fsp3) is 0.429. The third-order valence-electron chi connectivity index (χ3n) is 3.34. The number of nitrogens with one attached hydrogen (secondary N) is 1. The van der Waals surface area contributed by atoms with Crippen molar-refractivity contribution in [3.63, 3.8) is 0 Å². The monoisotopic (exact) mass is 247 g/mol. The van der Waals surface area contributed by atoms with Gasteiger partial charge in [-0.25, -0.2) is 4.79 Å². The summed E-state index contributed by atoms with van der Waals surface area (Å²) in [6, 6.07) is 6.33. The van der Waals surface area contributed by atoms with Crippen LogP contribution in [0.4, 0.5) is 5.69 Å². The molecule has 1 aromatic rings. The number of carbonyl (C=O) groups excluding carboxylic acids is 1. The summed E-state index contributed by atoms with van der Waals surface area (Å²) in [5.74, 6) is -0.515. The van der Waals surface area contributed by atoms with Crippen LogP contribution < -0.4 is 5.32 Å². The van der Waals surface area contributed by atoms with Gasteiger partial charge >= 0.3 is 5.97 Å². The summed E-state index contributed by atoms with van der Waals surface area (Å²) in [7, 11) is 0. The van der Waals surface area contributed by atoms with Crippen LogP contribution in [0.1, 0.15) is 42.5 Å². The van der Waals surface area contributed by atoms with Gasteiger partial charge in [-0.2, -0.15) is 0 Å². The molecule has 1 aliphatic carbocycles. The highest BCUT2D eigenvalue weighted by molar-refractivity contribution is 5.93. The first-order chi connectivity index (χ1) is 8.65. The molecule has 4 heteroatoms. The molecule has 0 unspecified atom stereocenters. The second-order valence-corrected chi connectivity index (χ2v) is 4.79. The van der Waals surface area contributed by atoms with Gasteiger partial charge in [0.1, 0.15) is 0 Å². The van der Waals surface area contributed by atoms with Gasteiger partial charge in [0.2, 0.25) is 5.91 Å². The third kappa shape index (κ3) is 3.32. The molecule has 1 saturated carbocycles. The predicted molar refractivity (Wildman–Crippen MR) is 68.6 cm³/mol. The van der Waals surface area contributed by atoms with E-state index < -0.39 is 5.97 Å². The van der Waals surface area contributed by atoms with E-state index in [1.165, 1.54) is 25.0 Å². The number of amides is 1. The van der Waals surface area contributed by atoms with E-state index in [0.29, 0.717) is 18.0 Å². The van der Waals surface area contributed by atoms with Crippen molar-refractivity contribution >= 4 is 17.6 Å². The van der Waals surface area contributed by atoms with Crippen LogP contribution in [0.5, 0.6) is 0 Å². The molecule has 0 aromatic heterocycles. The highest BCUT2D eigenvalue weighted by Crippen LogP contribution is 2.27. The van der Waals surface area contributed by atoms with Crippen LogP contribution in [0.25, 0.3) is 0 Å². The van der Waals surface area contributed by atoms with Crippen LogP contribution >= 0.6 is 0 Å². The normalized spacial score (nSPS) is 15.6. The number of carbonyl (C=O) groups is 2. The van der Waals surface area contributed by atoms with E-state index in [0.717, 1.165) is 12.8 Å². The SMILES string of the molecule is O=C(CC1CCCC1)Nc1cccc(C(=O)O)c1. The predicted octanol–water partition coefficient (Wildman–Crippen LogP) is 2.90. The summed E-state index contributed by atoms with van der Waals surface area (Å²) in [6.45, 7) is 0. The lowest BCUT2D eigenvalue weighted by molar-refractivity contribution is -0.117. The summed E-state index contributed by atoms with van der Waals surface area (Å²) in [4.78, 5) is 22.6. The van der Waals surface area contributed by atoms with E-state index in [1.54, 1.807) is 12.1 Å². The first kappa shape index (κ1) is 12.6. The maximum atomic E-state index is 11.8. The molecule has 1 amide bonds. The minimum atomic E-state index is -0.984. The van der Waals surface area contributed by atoms with E-state index in [1.807, 2.05) is 0 Å². The van der Waals surface area contributed by atoms with Gasteiger partial charge < -0.3 is 10.4 Å². The lowest BCUT2D eigenvalue weighted by Crippen LogP contribution is -2.15. The quantitative estimate of drug-likeness (QED) is 0.859. The summed E-state index contributed by atoms with van der Waals surface area (Å²) in [5.41, 5.74) is 0.742. The Morgan fingerprint density at radius 1 is 1.28 bits per heavy atom. The Morgan fingerprint density at radius 3 is 2.67 bits per heavy atom. The molecule has 0 aliphatic heterocycles. The number of carboxylic acid groups (broad SMARTS) is 1. The fourth-order valence-electron chi connectivity index (χ4n) is 2.42. The van der Waals surface area contributed by atoms with Crippen LogP contribution in [0.3, 0.4) is 0 Å². The minimum absolute atomic E-state index is 0.0237. The molecule has 0 radical (unpaired) electrons. The highest BCUT2D eigenvalue weighted by atomic mass is 16.4. The van der Waals surface area contributed by atoms with Gasteiger partial charge in [0.25, 0.3) is 0 Å². The zero-order valence-electron chi connectivity index (χ0n) is 10.2. The molecule has 96 valence electrons. The topological polar surface area (TPSA) is 66.4 Å². The summed E-state index contributed by atoms with van der Waals surface area (Å²) in [6.07, 6.45) is 5.22. The molecule has 2 rings (SSSR count). The first-order valence-electron chi connectivity index (χ1n) is 6.28. The highest BCUT2D eigenvalue weighted by Gasteiger charge is 2.18. The van der Waals surface area contributed by atoms with E-state index >= 15 is 0 Å². The van der Waals surface area contributed by atoms with Crippen LogP contribution in [0.15, 0.2) is 24.3 Å². The maximum Gasteiger partial charge on any atom is 0.335 e. The molecule has 0 spiro atoms. The molecule has 0 atom stereocenters.